The van der Waals surface area contributed by atoms with Crippen LogP contribution in [0, 0.1) is 19.7 Å². The van der Waals surface area contributed by atoms with E-state index in [0.717, 1.165) is 50.4 Å². The zero-order valence-electron chi connectivity index (χ0n) is 15.4. The molecule has 136 valence electrons. The van der Waals surface area contributed by atoms with Gasteiger partial charge in [-0.25, -0.2) is 4.39 Å². The summed E-state index contributed by atoms with van der Waals surface area (Å²) in [4.78, 5) is 0. The van der Waals surface area contributed by atoms with Crippen LogP contribution in [-0.2, 0) is 16.7 Å². The second-order valence-corrected chi connectivity index (χ2v) is 7.29. The average molecular weight is 345 g/mol. The Hall–Kier alpha value is -1.72. The van der Waals surface area contributed by atoms with Gasteiger partial charge in [-0.15, -0.1) is 0 Å². The van der Waals surface area contributed by atoms with Gasteiger partial charge in [0.05, 0.1) is 12.2 Å². The van der Waals surface area contributed by atoms with Crippen molar-refractivity contribution in [2.24, 2.45) is 0 Å². The number of aromatic nitrogens is 2. The molecule has 0 bridgehead atoms. The number of hydrogen-bond donors (Lipinski definition) is 1. The number of benzene rings is 1. The van der Waals surface area contributed by atoms with Crippen LogP contribution in [0.1, 0.15) is 36.7 Å². The Balaban J connectivity index is 1.69. The Bertz CT molecular complexity index is 707. The molecule has 1 aliphatic rings. The molecule has 0 amide bonds. The normalized spacial score (nSPS) is 18.2. The lowest BCUT2D eigenvalue weighted by molar-refractivity contribution is 0.0487. The van der Waals surface area contributed by atoms with E-state index < -0.39 is 0 Å². The molecule has 0 saturated carbocycles. The molecule has 0 spiro atoms. The van der Waals surface area contributed by atoms with Crippen LogP contribution in [0.4, 0.5) is 4.39 Å². The summed E-state index contributed by atoms with van der Waals surface area (Å²) in [6.45, 7) is 9.38. The largest absolute Gasteiger partial charge is 0.381 e. The van der Waals surface area contributed by atoms with E-state index in [1.54, 1.807) is 12.1 Å². The molecular formula is C20H28FN3O. The Morgan fingerprint density at radius 2 is 2.04 bits per heavy atom. The fourth-order valence-electron chi connectivity index (χ4n) is 3.70. The highest BCUT2D eigenvalue weighted by molar-refractivity contribution is 5.27. The summed E-state index contributed by atoms with van der Waals surface area (Å²) in [5.74, 6) is -0.168. The first-order chi connectivity index (χ1) is 12.0. The van der Waals surface area contributed by atoms with Gasteiger partial charge in [0.2, 0.25) is 0 Å². The molecule has 1 saturated heterocycles. The smallest absolute Gasteiger partial charge is 0.123 e. The topological polar surface area (TPSA) is 39.1 Å². The Morgan fingerprint density at radius 1 is 1.28 bits per heavy atom. The van der Waals surface area contributed by atoms with Gasteiger partial charge in [0.1, 0.15) is 5.82 Å². The zero-order valence-corrected chi connectivity index (χ0v) is 15.4. The van der Waals surface area contributed by atoms with Gasteiger partial charge >= 0.3 is 0 Å². The highest BCUT2D eigenvalue weighted by Gasteiger charge is 2.34. The molecule has 1 atom stereocenters. The molecule has 25 heavy (non-hydrogen) atoms. The molecule has 2 heterocycles. The van der Waals surface area contributed by atoms with Crippen LogP contribution < -0.4 is 5.32 Å². The molecule has 3 rings (SSSR count). The van der Waals surface area contributed by atoms with E-state index in [0.29, 0.717) is 0 Å². The highest BCUT2D eigenvalue weighted by atomic mass is 19.1. The van der Waals surface area contributed by atoms with Crippen LogP contribution >= 0.6 is 0 Å². The van der Waals surface area contributed by atoms with Crippen LogP contribution in [0.5, 0.6) is 0 Å². The number of nitrogens with zero attached hydrogens (tertiary/aromatic N) is 2. The molecule has 0 aliphatic carbocycles. The lowest BCUT2D eigenvalue weighted by Crippen LogP contribution is -2.46. The monoisotopic (exact) mass is 345 g/mol. The number of rotatable bonds is 6. The second kappa shape index (κ2) is 7.67. The second-order valence-electron chi connectivity index (χ2n) is 7.29. The van der Waals surface area contributed by atoms with Crippen molar-refractivity contribution in [3.05, 3.63) is 53.1 Å². The van der Waals surface area contributed by atoms with Crippen LogP contribution in [0.2, 0.25) is 0 Å². The molecule has 1 aromatic carbocycles. The SMILES string of the molecule is Cc1cc(C)n(C[C@H](C)NCC2(c3cccc(F)c3)CCOCC2)n1. The molecule has 0 radical (unpaired) electrons. The number of nitrogens with one attached hydrogen (secondary N) is 1. The third kappa shape index (κ3) is 4.28. The maximum atomic E-state index is 13.8. The first-order valence-corrected chi connectivity index (χ1v) is 9.07. The molecule has 1 aromatic heterocycles. The number of halogens is 1. The van der Waals surface area contributed by atoms with Gasteiger partial charge in [0.25, 0.3) is 0 Å². The molecule has 5 heteroatoms. The Labute approximate surface area is 149 Å². The molecule has 1 N–H and O–H groups in total. The quantitative estimate of drug-likeness (QED) is 0.872. The molecule has 2 aromatic rings. The van der Waals surface area contributed by atoms with Crippen molar-refractivity contribution in [2.45, 2.75) is 51.6 Å². The van der Waals surface area contributed by atoms with E-state index in [-0.39, 0.29) is 17.3 Å². The summed E-state index contributed by atoms with van der Waals surface area (Å²) in [5, 5.41) is 8.20. The molecular weight excluding hydrogens is 317 g/mol. The van der Waals surface area contributed by atoms with E-state index in [9.17, 15) is 4.39 Å². The van der Waals surface area contributed by atoms with Crippen molar-refractivity contribution in [2.75, 3.05) is 19.8 Å². The minimum Gasteiger partial charge on any atom is -0.381 e. The van der Waals surface area contributed by atoms with Crippen LogP contribution in [-0.4, -0.2) is 35.6 Å². The van der Waals surface area contributed by atoms with E-state index in [1.807, 2.05) is 17.7 Å². The van der Waals surface area contributed by atoms with Gasteiger partial charge < -0.3 is 10.1 Å². The van der Waals surface area contributed by atoms with Crippen molar-refractivity contribution < 1.29 is 9.13 Å². The van der Waals surface area contributed by atoms with Crippen molar-refractivity contribution in [3.63, 3.8) is 0 Å². The van der Waals surface area contributed by atoms with Gasteiger partial charge in [-0.1, -0.05) is 12.1 Å². The number of aryl methyl sites for hydroxylation is 2. The van der Waals surface area contributed by atoms with E-state index in [4.69, 9.17) is 4.74 Å². The average Bonchev–Trinajstić information content (AvgIpc) is 2.91. The Morgan fingerprint density at radius 3 is 2.68 bits per heavy atom. The predicted octanol–water partition coefficient (Wildman–Crippen LogP) is 3.37. The van der Waals surface area contributed by atoms with Gasteiger partial charge in [-0.05, 0) is 57.4 Å². The highest BCUT2D eigenvalue weighted by Crippen LogP contribution is 2.34. The fraction of sp³-hybridized carbons (Fsp3) is 0.550. The maximum absolute atomic E-state index is 13.8. The first-order valence-electron chi connectivity index (χ1n) is 9.07. The third-order valence-corrected chi connectivity index (χ3v) is 5.23. The van der Waals surface area contributed by atoms with Crippen LogP contribution in [0.25, 0.3) is 0 Å². The third-order valence-electron chi connectivity index (χ3n) is 5.23. The number of hydrogen-bond acceptors (Lipinski definition) is 3. The summed E-state index contributed by atoms with van der Waals surface area (Å²) in [7, 11) is 0. The molecule has 1 fully saturated rings. The fourth-order valence-corrected chi connectivity index (χ4v) is 3.70. The van der Waals surface area contributed by atoms with Crippen molar-refractivity contribution in [1.29, 1.82) is 0 Å². The van der Waals surface area contributed by atoms with Gasteiger partial charge in [0, 0.05) is 36.9 Å². The molecule has 4 nitrogen and oxygen atoms in total. The van der Waals surface area contributed by atoms with Crippen molar-refractivity contribution in [3.8, 4) is 0 Å². The van der Waals surface area contributed by atoms with Crippen molar-refractivity contribution >= 4 is 0 Å². The van der Waals surface area contributed by atoms with E-state index in [1.165, 1.54) is 11.8 Å². The minimum atomic E-state index is -0.168. The lowest BCUT2D eigenvalue weighted by Gasteiger charge is -2.39. The Kier molecular flexibility index (Phi) is 5.54. The maximum Gasteiger partial charge on any atom is 0.123 e. The van der Waals surface area contributed by atoms with Crippen LogP contribution in [0.15, 0.2) is 30.3 Å². The van der Waals surface area contributed by atoms with E-state index >= 15 is 0 Å². The minimum absolute atomic E-state index is 0.0658. The van der Waals surface area contributed by atoms with Crippen molar-refractivity contribution in [1.82, 2.24) is 15.1 Å². The van der Waals surface area contributed by atoms with Gasteiger partial charge in [-0.3, -0.25) is 4.68 Å². The van der Waals surface area contributed by atoms with E-state index in [2.05, 4.69) is 30.3 Å². The van der Waals surface area contributed by atoms with Gasteiger partial charge in [0.15, 0.2) is 0 Å². The van der Waals surface area contributed by atoms with Crippen LogP contribution in [0.3, 0.4) is 0 Å². The summed E-state index contributed by atoms with van der Waals surface area (Å²) in [5.41, 5.74) is 3.23. The predicted molar refractivity (Wildman–Crippen MR) is 97.3 cm³/mol. The standard InChI is InChI=1S/C20H28FN3O/c1-15-11-17(3)24(23-15)13-16(2)22-14-20(7-9-25-10-8-20)18-5-4-6-19(21)12-18/h4-6,11-12,16,22H,7-10,13-14H2,1-3H3/t16-/m0/s1. The summed E-state index contributed by atoms with van der Waals surface area (Å²) >= 11 is 0. The summed E-state index contributed by atoms with van der Waals surface area (Å²) < 4.78 is 21.4. The summed E-state index contributed by atoms with van der Waals surface area (Å²) in [6.07, 6.45) is 1.83. The zero-order chi connectivity index (χ0) is 17.9. The number of ether oxygens (including phenoxy) is 1. The lowest BCUT2D eigenvalue weighted by atomic mass is 9.74. The first kappa shape index (κ1) is 18.1. The molecule has 0 unspecified atom stereocenters. The summed E-state index contributed by atoms with van der Waals surface area (Å²) in [6, 6.07) is 9.42. The molecule has 1 aliphatic heterocycles. The van der Waals surface area contributed by atoms with Gasteiger partial charge in [-0.2, -0.15) is 5.10 Å².